The lowest BCUT2D eigenvalue weighted by Gasteiger charge is -2.31. The fourth-order valence-corrected chi connectivity index (χ4v) is 4.51. The first kappa shape index (κ1) is 17.4. The van der Waals surface area contributed by atoms with Crippen molar-refractivity contribution in [1.29, 1.82) is 0 Å². The molecule has 7 heteroatoms. The Morgan fingerprint density at radius 1 is 1.36 bits per heavy atom. The van der Waals surface area contributed by atoms with E-state index in [-0.39, 0.29) is 18.4 Å². The number of imide groups is 1. The molecule has 3 rings (SSSR count). The van der Waals surface area contributed by atoms with Gasteiger partial charge in [-0.3, -0.25) is 14.5 Å². The van der Waals surface area contributed by atoms with Crippen molar-refractivity contribution in [1.82, 2.24) is 15.1 Å². The van der Waals surface area contributed by atoms with Crippen LogP contribution in [0, 0.1) is 0 Å². The molecule has 1 saturated heterocycles. The summed E-state index contributed by atoms with van der Waals surface area (Å²) in [5.41, 5.74) is -0.127. The van der Waals surface area contributed by atoms with Crippen molar-refractivity contribution in [2.75, 3.05) is 19.6 Å². The van der Waals surface area contributed by atoms with Gasteiger partial charge in [-0.2, -0.15) is 0 Å². The van der Waals surface area contributed by atoms with Crippen LogP contribution in [0.1, 0.15) is 23.3 Å². The van der Waals surface area contributed by atoms with Crippen LogP contribution in [0.25, 0.3) is 0 Å². The number of urea groups is 1. The summed E-state index contributed by atoms with van der Waals surface area (Å²) in [6, 6.07) is 1.40. The van der Waals surface area contributed by atoms with Gasteiger partial charge in [0, 0.05) is 23.5 Å². The fourth-order valence-electron chi connectivity index (χ4n) is 3.51. The third kappa shape index (κ3) is 2.89. The molecule has 2 heterocycles. The second-order valence-electron chi connectivity index (χ2n) is 6.21. The average molecular weight is 359 g/mol. The topological polar surface area (TPSA) is 69.7 Å². The molecule has 1 aromatic heterocycles. The average Bonchev–Trinajstić information content (AvgIpc) is 3.15. The van der Waals surface area contributed by atoms with Crippen molar-refractivity contribution in [2.45, 2.75) is 24.8 Å². The number of carbonyl (C=O) groups is 3. The van der Waals surface area contributed by atoms with E-state index in [1.807, 2.05) is 11.4 Å². The first-order chi connectivity index (χ1) is 12.0. The summed E-state index contributed by atoms with van der Waals surface area (Å²) >= 11 is 1.60. The molecule has 0 radical (unpaired) electrons. The monoisotopic (exact) mass is 359 g/mol. The van der Waals surface area contributed by atoms with Gasteiger partial charge in [0.05, 0.1) is 0 Å². The molecule has 0 bridgehead atoms. The molecule has 0 aromatic carbocycles. The third-order valence-electron chi connectivity index (χ3n) is 4.68. The van der Waals surface area contributed by atoms with E-state index in [1.54, 1.807) is 23.5 Å². The Balaban J connectivity index is 1.82. The molecule has 1 aliphatic carbocycles. The van der Waals surface area contributed by atoms with Crippen molar-refractivity contribution < 1.29 is 14.4 Å². The maximum atomic E-state index is 13.1. The molecule has 1 atom stereocenters. The zero-order chi connectivity index (χ0) is 18.0. The Kier molecular flexibility index (Phi) is 4.76. The number of aryl methyl sites for hydroxylation is 1. The zero-order valence-electron chi connectivity index (χ0n) is 14.0. The summed E-state index contributed by atoms with van der Waals surface area (Å²) in [6.45, 7) is 7.67. The Morgan fingerprint density at radius 3 is 2.76 bits per heavy atom. The van der Waals surface area contributed by atoms with E-state index in [9.17, 15) is 14.4 Å². The summed E-state index contributed by atoms with van der Waals surface area (Å²) in [4.78, 5) is 41.7. The van der Waals surface area contributed by atoms with Gasteiger partial charge in [0.25, 0.3) is 5.91 Å². The Hall–Kier alpha value is -2.41. The molecule has 25 heavy (non-hydrogen) atoms. The highest BCUT2D eigenvalue weighted by atomic mass is 32.1. The van der Waals surface area contributed by atoms with E-state index in [0.29, 0.717) is 19.5 Å². The number of rotatable bonds is 6. The SMILES string of the molecule is C=CCN(CC=C)C(=O)CN1C(=O)N[C@]2(CCCc3sccc32)C1=O. The van der Waals surface area contributed by atoms with Gasteiger partial charge in [-0.1, -0.05) is 12.2 Å². The van der Waals surface area contributed by atoms with Crippen molar-refractivity contribution in [2.24, 2.45) is 0 Å². The van der Waals surface area contributed by atoms with Gasteiger partial charge in [-0.05, 0) is 30.7 Å². The summed E-state index contributed by atoms with van der Waals surface area (Å²) < 4.78 is 0. The molecule has 6 nitrogen and oxygen atoms in total. The number of thiophene rings is 1. The minimum absolute atomic E-state index is 0.270. The molecule has 1 aliphatic heterocycles. The standard InChI is InChI=1S/C18H21N3O3S/c1-3-9-20(10-4-2)15(22)12-21-16(23)18(19-17(21)24)8-5-6-14-13(18)7-11-25-14/h3-4,7,11H,1-2,5-6,8-10,12H2,(H,19,24)/t18-/m0/s1. The highest BCUT2D eigenvalue weighted by molar-refractivity contribution is 7.10. The van der Waals surface area contributed by atoms with E-state index in [2.05, 4.69) is 18.5 Å². The maximum Gasteiger partial charge on any atom is 0.325 e. The number of fused-ring (bicyclic) bond motifs is 2. The smallest absolute Gasteiger partial charge is 0.325 e. The molecule has 2 aliphatic rings. The van der Waals surface area contributed by atoms with E-state index >= 15 is 0 Å². The molecule has 1 fully saturated rings. The minimum atomic E-state index is -1.01. The van der Waals surface area contributed by atoms with Gasteiger partial charge in [-0.15, -0.1) is 24.5 Å². The third-order valence-corrected chi connectivity index (χ3v) is 5.66. The molecule has 1 aromatic rings. The lowest BCUT2D eigenvalue weighted by Crippen LogP contribution is -2.47. The van der Waals surface area contributed by atoms with Crippen LogP contribution in [-0.4, -0.2) is 47.3 Å². The number of nitrogens with one attached hydrogen (secondary N) is 1. The Bertz CT molecular complexity index is 732. The number of hydrogen-bond donors (Lipinski definition) is 1. The van der Waals surface area contributed by atoms with Crippen LogP contribution < -0.4 is 5.32 Å². The van der Waals surface area contributed by atoms with Gasteiger partial charge < -0.3 is 10.2 Å². The molecule has 132 valence electrons. The largest absolute Gasteiger partial charge is 0.334 e. The van der Waals surface area contributed by atoms with Crippen molar-refractivity contribution >= 4 is 29.2 Å². The summed E-state index contributed by atoms with van der Waals surface area (Å²) in [5.74, 6) is -0.635. The fraction of sp³-hybridized carbons (Fsp3) is 0.389. The van der Waals surface area contributed by atoms with Crippen molar-refractivity contribution in [3.8, 4) is 0 Å². The molecule has 0 unspecified atom stereocenters. The van der Waals surface area contributed by atoms with Crippen LogP contribution in [0.15, 0.2) is 36.8 Å². The van der Waals surface area contributed by atoms with E-state index in [1.165, 1.54) is 4.90 Å². The lowest BCUT2D eigenvalue weighted by molar-refractivity contribution is -0.139. The van der Waals surface area contributed by atoms with Gasteiger partial charge in [0.1, 0.15) is 12.1 Å². The van der Waals surface area contributed by atoms with Gasteiger partial charge in [0.15, 0.2) is 0 Å². The van der Waals surface area contributed by atoms with Gasteiger partial charge in [0.2, 0.25) is 5.91 Å². The van der Waals surface area contributed by atoms with Crippen molar-refractivity contribution in [3.63, 3.8) is 0 Å². The summed E-state index contributed by atoms with van der Waals surface area (Å²) in [7, 11) is 0. The van der Waals surface area contributed by atoms with Gasteiger partial charge in [-0.25, -0.2) is 4.79 Å². The number of amides is 4. The second-order valence-corrected chi connectivity index (χ2v) is 7.21. The quantitative estimate of drug-likeness (QED) is 0.624. The lowest BCUT2D eigenvalue weighted by atomic mass is 9.80. The summed E-state index contributed by atoms with van der Waals surface area (Å²) in [5, 5.41) is 4.80. The number of hydrogen-bond acceptors (Lipinski definition) is 4. The van der Waals surface area contributed by atoms with E-state index in [0.717, 1.165) is 28.2 Å². The van der Waals surface area contributed by atoms with E-state index in [4.69, 9.17) is 0 Å². The van der Waals surface area contributed by atoms with Crippen LogP contribution in [0.4, 0.5) is 4.79 Å². The van der Waals surface area contributed by atoms with Crippen LogP contribution in [0.5, 0.6) is 0 Å². The first-order valence-electron chi connectivity index (χ1n) is 8.24. The summed E-state index contributed by atoms with van der Waals surface area (Å²) in [6.07, 6.45) is 5.53. The minimum Gasteiger partial charge on any atom is -0.334 e. The first-order valence-corrected chi connectivity index (χ1v) is 9.12. The zero-order valence-corrected chi connectivity index (χ0v) is 14.8. The molecule has 1 spiro atoms. The Morgan fingerprint density at radius 2 is 2.08 bits per heavy atom. The van der Waals surface area contributed by atoms with Crippen LogP contribution in [-0.2, 0) is 21.5 Å². The highest BCUT2D eigenvalue weighted by Gasteiger charge is 2.54. The normalized spacial score (nSPS) is 21.8. The van der Waals surface area contributed by atoms with Gasteiger partial charge >= 0.3 is 6.03 Å². The molecule has 0 saturated carbocycles. The van der Waals surface area contributed by atoms with Crippen LogP contribution >= 0.6 is 11.3 Å². The molecular weight excluding hydrogens is 338 g/mol. The predicted molar refractivity (Wildman–Crippen MR) is 96.2 cm³/mol. The molecule has 1 N–H and O–H groups in total. The van der Waals surface area contributed by atoms with Crippen molar-refractivity contribution in [3.05, 3.63) is 47.2 Å². The predicted octanol–water partition coefficient (Wildman–Crippen LogP) is 2.03. The maximum absolute atomic E-state index is 13.1. The second kappa shape index (κ2) is 6.84. The Labute approximate surface area is 150 Å². The number of carbonyl (C=O) groups excluding carboxylic acids is 3. The molecule has 4 amide bonds. The number of nitrogens with zero attached hydrogens (tertiary/aromatic N) is 2. The molecular formula is C18H21N3O3S. The van der Waals surface area contributed by atoms with Crippen LogP contribution in [0.2, 0.25) is 0 Å². The van der Waals surface area contributed by atoms with Crippen LogP contribution in [0.3, 0.4) is 0 Å². The van der Waals surface area contributed by atoms with E-state index < -0.39 is 11.6 Å². The highest BCUT2D eigenvalue weighted by Crippen LogP contribution is 2.42.